The fourth-order valence-corrected chi connectivity index (χ4v) is 1.85. The molecule has 1 aromatic rings. The largest absolute Gasteiger partial charge is 0.346 e. The lowest BCUT2D eigenvalue weighted by Gasteiger charge is -2.20. The average Bonchev–Trinajstić information content (AvgIpc) is 2.61. The third-order valence-corrected chi connectivity index (χ3v) is 2.66. The molecule has 0 N–H and O–H groups in total. The standard InChI is InChI=1S/C11H12ClNO2/c1-8-6-13(11(7-14)15-8)10-4-2-9(12)3-5-10/h2-5,7-8,11H,6H2,1H3. The number of halogens is 1. The number of ether oxygens (including phenoxy) is 1. The Morgan fingerprint density at radius 1 is 1.47 bits per heavy atom. The SMILES string of the molecule is CC1CN(c2ccc(Cl)cc2)C(C=O)O1. The summed E-state index contributed by atoms with van der Waals surface area (Å²) < 4.78 is 5.43. The highest BCUT2D eigenvalue weighted by Crippen LogP contribution is 2.24. The van der Waals surface area contributed by atoms with E-state index in [2.05, 4.69) is 0 Å². The molecular weight excluding hydrogens is 214 g/mol. The summed E-state index contributed by atoms with van der Waals surface area (Å²) in [6, 6.07) is 7.39. The van der Waals surface area contributed by atoms with Crippen LogP contribution in [-0.4, -0.2) is 25.2 Å². The number of benzene rings is 1. The summed E-state index contributed by atoms with van der Waals surface area (Å²) in [6.07, 6.45) is 0.426. The molecule has 2 unspecified atom stereocenters. The predicted octanol–water partition coefficient (Wildman–Crippen LogP) is 2.09. The second-order valence-corrected chi connectivity index (χ2v) is 4.04. The first-order valence-corrected chi connectivity index (χ1v) is 5.21. The van der Waals surface area contributed by atoms with E-state index in [9.17, 15) is 4.79 Å². The van der Waals surface area contributed by atoms with Crippen molar-refractivity contribution >= 4 is 23.6 Å². The van der Waals surface area contributed by atoms with Crippen molar-refractivity contribution in [2.75, 3.05) is 11.4 Å². The van der Waals surface area contributed by atoms with Gasteiger partial charge in [-0.3, -0.25) is 4.79 Å². The van der Waals surface area contributed by atoms with Gasteiger partial charge in [-0.25, -0.2) is 0 Å². The lowest BCUT2D eigenvalue weighted by atomic mass is 10.2. The van der Waals surface area contributed by atoms with E-state index in [0.29, 0.717) is 5.02 Å². The van der Waals surface area contributed by atoms with Crippen LogP contribution < -0.4 is 4.90 Å². The van der Waals surface area contributed by atoms with Crippen molar-refractivity contribution in [3.63, 3.8) is 0 Å². The van der Waals surface area contributed by atoms with Crippen LogP contribution in [0.25, 0.3) is 0 Å². The molecule has 0 spiro atoms. The number of rotatable bonds is 2. The Balaban J connectivity index is 2.22. The van der Waals surface area contributed by atoms with E-state index in [1.165, 1.54) is 0 Å². The van der Waals surface area contributed by atoms with Gasteiger partial charge >= 0.3 is 0 Å². The second-order valence-electron chi connectivity index (χ2n) is 3.60. The normalized spacial score (nSPS) is 25.6. The van der Waals surface area contributed by atoms with Crippen LogP contribution in [0.1, 0.15) is 6.92 Å². The average molecular weight is 226 g/mol. The molecule has 3 nitrogen and oxygen atoms in total. The highest BCUT2D eigenvalue weighted by Gasteiger charge is 2.29. The highest BCUT2D eigenvalue weighted by molar-refractivity contribution is 6.30. The molecule has 0 bridgehead atoms. The molecule has 0 radical (unpaired) electrons. The molecule has 1 fully saturated rings. The van der Waals surface area contributed by atoms with Crippen molar-refractivity contribution in [3.05, 3.63) is 29.3 Å². The Hall–Kier alpha value is -1.06. The van der Waals surface area contributed by atoms with Gasteiger partial charge in [0.05, 0.1) is 6.10 Å². The minimum Gasteiger partial charge on any atom is -0.346 e. The Bertz CT molecular complexity index is 352. The fourth-order valence-electron chi connectivity index (χ4n) is 1.73. The van der Waals surface area contributed by atoms with E-state index < -0.39 is 6.23 Å². The van der Waals surface area contributed by atoms with Crippen LogP contribution in [0.3, 0.4) is 0 Å². The van der Waals surface area contributed by atoms with Gasteiger partial charge in [-0.15, -0.1) is 0 Å². The van der Waals surface area contributed by atoms with Crippen LogP contribution in [0, 0.1) is 0 Å². The quantitative estimate of drug-likeness (QED) is 0.722. The van der Waals surface area contributed by atoms with Crippen molar-refractivity contribution in [1.29, 1.82) is 0 Å². The lowest BCUT2D eigenvalue weighted by Crippen LogP contribution is -2.31. The number of anilines is 1. The van der Waals surface area contributed by atoms with E-state index in [0.717, 1.165) is 18.5 Å². The Morgan fingerprint density at radius 2 is 2.13 bits per heavy atom. The zero-order valence-corrected chi connectivity index (χ0v) is 9.15. The van der Waals surface area contributed by atoms with E-state index in [-0.39, 0.29) is 6.10 Å². The van der Waals surface area contributed by atoms with E-state index >= 15 is 0 Å². The zero-order valence-electron chi connectivity index (χ0n) is 8.39. The molecule has 1 saturated heterocycles. The van der Waals surface area contributed by atoms with Crippen molar-refractivity contribution in [1.82, 2.24) is 0 Å². The van der Waals surface area contributed by atoms with Crippen LogP contribution in [0.5, 0.6) is 0 Å². The maximum absolute atomic E-state index is 10.8. The number of carbonyl (C=O) groups excluding carboxylic acids is 1. The van der Waals surface area contributed by atoms with Gasteiger partial charge in [0.15, 0.2) is 12.5 Å². The first-order valence-electron chi connectivity index (χ1n) is 4.83. The lowest BCUT2D eigenvalue weighted by molar-refractivity contribution is -0.116. The molecule has 0 aliphatic carbocycles. The zero-order chi connectivity index (χ0) is 10.8. The van der Waals surface area contributed by atoms with Crippen LogP contribution in [0.4, 0.5) is 5.69 Å². The molecule has 80 valence electrons. The molecule has 4 heteroatoms. The summed E-state index contributed by atoms with van der Waals surface area (Å²) in [4.78, 5) is 12.7. The number of hydrogen-bond donors (Lipinski definition) is 0. The van der Waals surface area contributed by atoms with Gasteiger partial charge in [0, 0.05) is 17.3 Å². The molecule has 0 amide bonds. The summed E-state index contributed by atoms with van der Waals surface area (Å²) >= 11 is 5.80. The van der Waals surface area contributed by atoms with Gasteiger partial charge in [-0.1, -0.05) is 11.6 Å². The highest BCUT2D eigenvalue weighted by atomic mass is 35.5. The monoisotopic (exact) mass is 225 g/mol. The maximum Gasteiger partial charge on any atom is 0.187 e. The Morgan fingerprint density at radius 3 is 2.73 bits per heavy atom. The third-order valence-electron chi connectivity index (χ3n) is 2.41. The second kappa shape index (κ2) is 4.21. The van der Waals surface area contributed by atoms with Crippen molar-refractivity contribution < 1.29 is 9.53 Å². The Kier molecular flexibility index (Phi) is 2.93. The molecule has 1 aliphatic heterocycles. The topological polar surface area (TPSA) is 29.5 Å². The number of nitrogens with zero attached hydrogens (tertiary/aromatic N) is 1. The first-order chi connectivity index (χ1) is 7.20. The molecular formula is C11H12ClNO2. The fraction of sp³-hybridized carbons (Fsp3) is 0.364. The third kappa shape index (κ3) is 2.13. The summed E-state index contributed by atoms with van der Waals surface area (Å²) in [7, 11) is 0. The van der Waals surface area contributed by atoms with Gasteiger partial charge in [0.25, 0.3) is 0 Å². The van der Waals surface area contributed by atoms with Crippen LogP contribution >= 0.6 is 11.6 Å². The van der Waals surface area contributed by atoms with Gasteiger partial charge in [0.1, 0.15) is 0 Å². The number of carbonyl (C=O) groups is 1. The molecule has 15 heavy (non-hydrogen) atoms. The predicted molar refractivity (Wildman–Crippen MR) is 59.2 cm³/mol. The van der Waals surface area contributed by atoms with Gasteiger partial charge in [-0.05, 0) is 31.2 Å². The molecule has 1 heterocycles. The first kappa shape index (κ1) is 10.5. The molecule has 0 saturated carbocycles. The van der Waals surface area contributed by atoms with Crippen molar-refractivity contribution in [2.45, 2.75) is 19.3 Å². The van der Waals surface area contributed by atoms with Crippen LogP contribution in [0.15, 0.2) is 24.3 Å². The molecule has 0 aromatic heterocycles. The van der Waals surface area contributed by atoms with Gasteiger partial charge < -0.3 is 9.64 Å². The van der Waals surface area contributed by atoms with Crippen molar-refractivity contribution in [2.24, 2.45) is 0 Å². The maximum atomic E-state index is 10.8. The van der Waals surface area contributed by atoms with E-state index in [1.54, 1.807) is 0 Å². The summed E-state index contributed by atoms with van der Waals surface area (Å²) in [5.74, 6) is 0. The molecule has 2 atom stereocenters. The molecule has 1 aromatic carbocycles. The summed E-state index contributed by atoms with van der Waals surface area (Å²) in [6.45, 7) is 2.68. The summed E-state index contributed by atoms with van der Waals surface area (Å²) in [5.41, 5.74) is 0.959. The number of hydrogen-bond acceptors (Lipinski definition) is 3. The van der Waals surface area contributed by atoms with Crippen molar-refractivity contribution in [3.8, 4) is 0 Å². The van der Waals surface area contributed by atoms with E-state index in [4.69, 9.17) is 16.3 Å². The van der Waals surface area contributed by atoms with Gasteiger partial charge in [0.2, 0.25) is 0 Å². The van der Waals surface area contributed by atoms with Gasteiger partial charge in [-0.2, -0.15) is 0 Å². The molecule has 1 aliphatic rings. The van der Waals surface area contributed by atoms with Crippen LogP contribution in [-0.2, 0) is 9.53 Å². The Labute approximate surface area is 93.6 Å². The van der Waals surface area contributed by atoms with Crippen LogP contribution in [0.2, 0.25) is 5.02 Å². The minimum atomic E-state index is -0.471. The summed E-state index contributed by atoms with van der Waals surface area (Å²) in [5, 5.41) is 0.689. The smallest absolute Gasteiger partial charge is 0.187 e. The minimum absolute atomic E-state index is 0.0795. The molecule has 2 rings (SSSR count). The van der Waals surface area contributed by atoms with E-state index in [1.807, 2.05) is 36.1 Å². The number of aldehydes is 1.